The van der Waals surface area contributed by atoms with Gasteiger partial charge in [0, 0.05) is 17.1 Å². The number of nitrogens with zero attached hydrogens (tertiary/aromatic N) is 4. The number of benzene rings is 2. The molecule has 0 unspecified atom stereocenters. The summed E-state index contributed by atoms with van der Waals surface area (Å²) in [4.78, 5) is 17.0. The molecule has 0 saturated carbocycles. The van der Waals surface area contributed by atoms with E-state index in [-0.39, 0.29) is 11.7 Å². The third-order valence-corrected chi connectivity index (χ3v) is 6.49. The molecule has 4 aromatic rings. The molecule has 2 aromatic heterocycles. The SMILES string of the molecule is C=CCn1c(SCC(=O)Nc2nc3c(C)cccc3s2)nnc1-c1ccc(Cl)cc1. The fraction of sp³-hybridized carbons (Fsp3) is 0.143. The number of aryl methyl sites for hydroxylation is 1. The molecule has 30 heavy (non-hydrogen) atoms. The summed E-state index contributed by atoms with van der Waals surface area (Å²) >= 11 is 8.77. The van der Waals surface area contributed by atoms with Crippen LogP contribution in [0.25, 0.3) is 21.6 Å². The highest BCUT2D eigenvalue weighted by molar-refractivity contribution is 7.99. The summed E-state index contributed by atoms with van der Waals surface area (Å²) in [7, 11) is 0. The monoisotopic (exact) mass is 455 g/mol. The van der Waals surface area contributed by atoms with Crippen LogP contribution >= 0.6 is 34.7 Å². The standard InChI is InChI=1S/C21H18ClN5OS2/c1-3-11-27-19(14-7-9-15(22)10-8-14)25-26-21(27)29-12-17(28)23-20-24-18-13(2)5-4-6-16(18)30-20/h3-10H,1,11-12H2,2H3,(H,23,24,28). The van der Waals surface area contributed by atoms with Gasteiger partial charge in [-0.2, -0.15) is 0 Å². The Morgan fingerprint density at radius 3 is 2.80 bits per heavy atom. The first kappa shape index (κ1) is 20.6. The molecule has 1 amide bonds. The van der Waals surface area contributed by atoms with E-state index in [1.807, 2.05) is 54.0 Å². The normalized spacial score (nSPS) is 11.0. The van der Waals surface area contributed by atoms with E-state index >= 15 is 0 Å². The molecule has 0 atom stereocenters. The van der Waals surface area contributed by atoms with Crippen LogP contribution < -0.4 is 5.32 Å². The number of amides is 1. The summed E-state index contributed by atoms with van der Waals surface area (Å²) in [6.45, 7) is 6.35. The van der Waals surface area contributed by atoms with Crippen LogP contribution in [0.3, 0.4) is 0 Å². The summed E-state index contributed by atoms with van der Waals surface area (Å²) < 4.78 is 2.98. The molecule has 0 fully saturated rings. The number of halogens is 1. The quantitative estimate of drug-likeness (QED) is 0.297. The second-order valence-electron chi connectivity index (χ2n) is 6.49. The van der Waals surface area contributed by atoms with Gasteiger partial charge in [-0.15, -0.1) is 16.8 Å². The lowest BCUT2D eigenvalue weighted by Gasteiger charge is -2.07. The van der Waals surface area contributed by atoms with Gasteiger partial charge in [-0.3, -0.25) is 9.36 Å². The predicted molar refractivity (Wildman–Crippen MR) is 124 cm³/mol. The zero-order valence-corrected chi connectivity index (χ0v) is 18.5. The molecule has 152 valence electrons. The number of allylic oxidation sites excluding steroid dienone is 1. The van der Waals surface area contributed by atoms with Gasteiger partial charge in [-0.1, -0.05) is 52.9 Å². The van der Waals surface area contributed by atoms with Gasteiger partial charge in [0.2, 0.25) is 5.91 Å². The Balaban J connectivity index is 1.47. The van der Waals surface area contributed by atoms with Gasteiger partial charge >= 0.3 is 0 Å². The second-order valence-corrected chi connectivity index (χ2v) is 8.90. The summed E-state index contributed by atoms with van der Waals surface area (Å²) in [5, 5.41) is 13.3. The molecule has 2 aromatic carbocycles. The molecular formula is C21H18ClN5OS2. The van der Waals surface area contributed by atoms with Crippen LogP contribution in [-0.2, 0) is 11.3 Å². The predicted octanol–water partition coefficient (Wildman–Crippen LogP) is 5.43. The summed E-state index contributed by atoms with van der Waals surface area (Å²) in [5.41, 5.74) is 2.91. The molecule has 4 rings (SSSR count). The number of carbonyl (C=O) groups excluding carboxylic acids is 1. The molecular weight excluding hydrogens is 438 g/mol. The van der Waals surface area contributed by atoms with Gasteiger partial charge < -0.3 is 5.32 Å². The van der Waals surface area contributed by atoms with Crippen LogP contribution in [-0.4, -0.2) is 31.4 Å². The van der Waals surface area contributed by atoms with Gasteiger partial charge in [0.05, 0.1) is 16.0 Å². The van der Waals surface area contributed by atoms with E-state index in [1.165, 1.54) is 23.1 Å². The first-order valence-corrected chi connectivity index (χ1v) is 11.3. The van der Waals surface area contributed by atoms with Crippen LogP contribution in [0.4, 0.5) is 5.13 Å². The number of hydrogen-bond acceptors (Lipinski definition) is 6. The number of anilines is 1. The molecule has 0 aliphatic rings. The Labute approximate surface area is 187 Å². The van der Waals surface area contributed by atoms with Crippen molar-refractivity contribution in [2.75, 3.05) is 11.1 Å². The third kappa shape index (κ3) is 4.40. The van der Waals surface area contributed by atoms with E-state index in [1.54, 1.807) is 6.08 Å². The fourth-order valence-corrected chi connectivity index (χ4v) is 4.76. The first-order valence-electron chi connectivity index (χ1n) is 9.14. The first-order chi connectivity index (χ1) is 14.5. The van der Waals surface area contributed by atoms with Crippen LogP contribution in [0.2, 0.25) is 5.02 Å². The second kappa shape index (κ2) is 8.99. The van der Waals surface area contributed by atoms with Crippen molar-refractivity contribution in [1.82, 2.24) is 19.7 Å². The molecule has 2 heterocycles. The van der Waals surface area contributed by atoms with Gasteiger partial charge in [-0.25, -0.2) is 4.98 Å². The van der Waals surface area contributed by atoms with E-state index in [0.717, 1.165) is 21.3 Å². The number of thioether (sulfide) groups is 1. The van der Waals surface area contributed by atoms with Crippen molar-refractivity contribution in [2.45, 2.75) is 18.6 Å². The Bertz CT molecular complexity index is 1220. The zero-order chi connectivity index (χ0) is 21.1. The number of thiazole rings is 1. The summed E-state index contributed by atoms with van der Waals surface area (Å²) in [6, 6.07) is 13.4. The Morgan fingerprint density at radius 2 is 2.07 bits per heavy atom. The van der Waals surface area contributed by atoms with Gasteiger partial charge in [-0.05, 0) is 42.8 Å². The number of carbonyl (C=O) groups is 1. The fourth-order valence-electron chi connectivity index (χ4n) is 2.93. The van der Waals surface area contributed by atoms with Crippen molar-refractivity contribution >= 4 is 56.0 Å². The minimum absolute atomic E-state index is 0.141. The summed E-state index contributed by atoms with van der Waals surface area (Å²) in [5.74, 6) is 0.763. The van der Waals surface area contributed by atoms with E-state index < -0.39 is 0 Å². The molecule has 0 bridgehead atoms. The number of aromatic nitrogens is 4. The number of nitrogens with one attached hydrogen (secondary N) is 1. The van der Waals surface area contributed by atoms with Crippen molar-refractivity contribution in [2.24, 2.45) is 0 Å². The van der Waals surface area contributed by atoms with Gasteiger partial charge in [0.1, 0.15) is 0 Å². The topological polar surface area (TPSA) is 72.7 Å². The summed E-state index contributed by atoms with van der Waals surface area (Å²) in [6.07, 6.45) is 1.77. The van der Waals surface area contributed by atoms with E-state index in [9.17, 15) is 4.79 Å². The highest BCUT2D eigenvalue weighted by atomic mass is 35.5. The molecule has 1 N–H and O–H groups in total. The number of rotatable bonds is 7. The lowest BCUT2D eigenvalue weighted by molar-refractivity contribution is -0.113. The molecule has 0 aliphatic heterocycles. The molecule has 0 spiro atoms. The smallest absolute Gasteiger partial charge is 0.236 e. The van der Waals surface area contributed by atoms with E-state index in [2.05, 4.69) is 27.1 Å². The van der Waals surface area contributed by atoms with Crippen molar-refractivity contribution < 1.29 is 4.79 Å². The van der Waals surface area contributed by atoms with Gasteiger partial charge in [0.25, 0.3) is 0 Å². The molecule has 0 aliphatic carbocycles. The molecule has 6 nitrogen and oxygen atoms in total. The lowest BCUT2D eigenvalue weighted by atomic mass is 10.2. The maximum atomic E-state index is 12.5. The van der Waals surface area contributed by atoms with Gasteiger partial charge in [0.15, 0.2) is 16.1 Å². The molecule has 0 saturated heterocycles. The minimum Gasteiger partial charge on any atom is -0.301 e. The lowest BCUT2D eigenvalue weighted by Crippen LogP contribution is -2.14. The van der Waals surface area contributed by atoms with Crippen LogP contribution in [0.5, 0.6) is 0 Å². The Morgan fingerprint density at radius 1 is 1.27 bits per heavy atom. The maximum absolute atomic E-state index is 12.5. The highest BCUT2D eigenvalue weighted by Gasteiger charge is 2.16. The minimum atomic E-state index is -0.141. The van der Waals surface area contributed by atoms with Crippen LogP contribution in [0, 0.1) is 6.92 Å². The zero-order valence-electron chi connectivity index (χ0n) is 16.1. The Hall–Kier alpha value is -2.68. The number of hydrogen-bond donors (Lipinski definition) is 1. The largest absolute Gasteiger partial charge is 0.301 e. The van der Waals surface area contributed by atoms with Crippen molar-refractivity contribution in [1.29, 1.82) is 0 Å². The van der Waals surface area contributed by atoms with Crippen molar-refractivity contribution in [3.8, 4) is 11.4 Å². The average Bonchev–Trinajstić information content (AvgIpc) is 3.32. The third-order valence-electron chi connectivity index (χ3n) is 4.33. The van der Waals surface area contributed by atoms with Crippen molar-refractivity contribution in [3.63, 3.8) is 0 Å². The van der Waals surface area contributed by atoms with Crippen molar-refractivity contribution in [3.05, 3.63) is 65.7 Å². The highest BCUT2D eigenvalue weighted by Crippen LogP contribution is 2.29. The molecule has 0 radical (unpaired) electrons. The Kier molecular flexibility index (Phi) is 6.17. The van der Waals surface area contributed by atoms with E-state index in [4.69, 9.17) is 11.6 Å². The van der Waals surface area contributed by atoms with E-state index in [0.29, 0.717) is 27.7 Å². The molecule has 9 heteroatoms. The van der Waals surface area contributed by atoms with Crippen LogP contribution in [0.1, 0.15) is 5.56 Å². The average molecular weight is 456 g/mol. The maximum Gasteiger partial charge on any atom is 0.236 e. The number of para-hydroxylation sites is 1. The van der Waals surface area contributed by atoms with Crippen LogP contribution in [0.15, 0.2) is 60.3 Å². The number of fused-ring (bicyclic) bond motifs is 1.